The molecule has 0 saturated heterocycles. The highest BCUT2D eigenvalue weighted by Gasteiger charge is 2.34. The molecule has 0 spiro atoms. The van der Waals surface area contributed by atoms with Gasteiger partial charge in [-0.2, -0.15) is 0 Å². The van der Waals surface area contributed by atoms with Crippen LogP contribution in [0.4, 0.5) is 10.5 Å². The molecule has 3 amide bonds. The molecule has 0 unspecified atom stereocenters. The van der Waals surface area contributed by atoms with Gasteiger partial charge in [0.15, 0.2) is 0 Å². The summed E-state index contributed by atoms with van der Waals surface area (Å²) in [5.41, 5.74) is 0.327. The molecule has 39 heavy (non-hydrogen) atoms. The topological polar surface area (TPSA) is 138 Å². The van der Waals surface area contributed by atoms with Gasteiger partial charge in [-0.3, -0.25) is 9.52 Å². The van der Waals surface area contributed by atoms with Gasteiger partial charge in [0.2, 0.25) is 0 Å². The van der Waals surface area contributed by atoms with Crippen molar-refractivity contribution < 1.29 is 32.6 Å². The summed E-state index contributed by atoms with van der Waals surface area (Å²) in [5, 5.41) is 12.7. The van der Waals surface area contributed by atoms with Crippen LogP contribution in [-0.4, -0.2) is 87.3 Å². The number of hydrogen-bond donors (Lipinski definition) is 3. The van der Waals surface area contributed by atoms with Gasteiger partial charge in [0.25, 0.3) is 15.9 Å². The number of nitrogens with one attached hydrogen (secondary N) is 2. The van der Waals surface area contributed by atoms with E-state index in [0.29, 0.717) is 5.75 Å². The lowest BCUT2D eigenvalue weighted by atomic mass is 9.99. The number of likely N-dealkylation sites (N-methyl/N-ethyl adjacent to an activating group) is 1. The van der Waals surface area contributed by atoms with Crippen LogP contribution < -0.4 is 19.5 Å². The molecule has 0 aliphatic carbocycles. The maximum atomic E-state index is 13.6. The number of nitrogens with zero attached hydrogens (tertiary/aromatic N) is 2. The van der Waals surface area contributed by atoms with E-state index in [1.54, 1.807) is 37.1 Å². The van der Waals surface area contributed by atoms with Gasteiger partial charge in [0.05, 0.1) is 36.8 Å². The number of fused-ring (bicyclic) bond motifs is 1. The average molecular weight is 563 g/mol. The van der Waals surface area contributed by atoms with Crippen LogP contribution in [0.2, 0.25) is 0 Å². The Hall–Kier alpha value is -3.51. The number of ether oxygens (including phenoxy) is 2. The molecule has 12 heteroatoms. The molecule has 0 aromatic heterocycles. The van der Waals surface area contributed by atoms with Crippen LogP contribution in [0.5, 0.6) is 11.5 Å². The van der Waals surface area contributed by atoms with Gasteiger partial charge in [-0.15, -0.1) is 0 Å². The third-order valence-corrected chi connectivity index (χ3v) is 7.90. The van der Waals surface area contributed by atoms with E-state index in [9.17, 15) is 23.1 Å². The first-order valence-corrected chi connectivity index (χ1v) is 14.3. The number of benzene rings is 2. The number of carbonyl (C=O) groups is 2. The van der Waals surface area contributed by atoms with Gasteiger partial charge in [0, 0.05) is 31.2 Å². The number of hydrogen-bond acceptors (Lipinski definition) is 7. The summed E-state index contributed by atoms with van der Waals surface area (Å²) in [4.78, 5) is 29.3. The number of carbonyl (C=O) groups excluding carboxylic acids is 2. The molecule has 3 rings (SSSR count). The number of urea groups is 1. The maximum absolute atomic E-state index is 13.6. The lowest BCUT2D eigenvalue weighted by Gasteiger charge is -2.38. The lowest BCUT2D eigenvalue weighted by molar-refractivity contribution is 0.0366. The highest BCUT2D eigenvalue weighted by molar-refractivity contribution is 7.92. The Kier molecular flexibility index (Phi) is 9.68. The third-order valence-electron chi connectivity index (χ3n) is 6.50. The highest BCUT2D eigenvalue weighted by Crippen LogP contribution is 2.31. The summed E-state index contributed by atoms with van der Waals surface area (Å²) in [6.07, 6.45) is -0.477. The van der Waals surface area contributed by atoms with Crippen LogP contribution in [0.3, 0.4) is 0 Å². The SMILES string of the molecule is COc1ccc(S(=O)(=O)Nc2ccc3c(c2)C(=O)N([C@H](C)CO)C[C@@H](C)[C@H](CN(C)C(=O)NC(C)C)O3)cc1. The minimum Gasteiger partial charge on any atom is -0.497 e. The zero-order chi connectivity index (χ0) is 28.9. The number of anilines is 1. The number of methoxy groups -OCH3 is 1. The number of rotatable bonds is 9. The number of amides is 3. The summed E-state index contributed by atoms with van der Waals surface area (Å²) in [5.74, 6) is 0.204. The van der Waals surface area contributed by atoms with E-state index in [1.807, 2.05) is 20.8 Å². The van der Waals surface area contributed by atoms with Crippen molar-refractivity contribution in [1.29, 1.82) is 0 Å². The normalized spacial score (nSPS) is 18.4. The molecule has 11 nitrogen and oxygen atoms in total. The highest BCUT2D eigenvalue weighted by atomic mass is 32.2. The Labute approximate surface area is 230 Å². The van der Waals surface area contributed by atoms with Crippen molar-refractivity contribution in [3.05, 3.63) is 48.0 Å². The predicted molar refractivity (Wildman–Crippen MR) is 148 cm³/mol. The van der Waals surface area contributed by atoms with E-state index in [0.717, 1.165) is 0 Å². The maximum Gasteiger partial charge on any atom is 0.317 e. The van der Waals surface area contributed by atoms with Gasteiger partial charge in [-0.05, 0) is 63.2 Å². The molecule has 0 saturated carbocycles. The number of aliphatic hydroxyl groups excluding tert-OH is 1. The molecule has 2 aromatic carbocycles. The molecule has 0 bridgehead atoms. The molecule has 0 fully saturated rings. The first-order chi connectivity index (χ1) is 18.4. The van der Waals surface area contributed by atoms with E-state index in [4.69, 9.17) is 9.47 Å². The van der Waals surface area contributed by atoms with Gasteiger partial charge in [0.1, 0.15) is 17.6 Å². The Bertz CT molecular complexity index is 1270. The van der Waals surface area contributed by atoms with E-state index < -0.39 is 28.1 Å². The predicted octanol–water partition coefficient (Wildman–Crippen LogP) is 2.77. The van der Waals surface area contributed by atoms with Crippen LogP contribution >= 0.6 is 0 Å². The number of sulfonamides is 1. The second kappa shape index (κ2) is 12.6. The van der Waals surface area contributed by atoms with Crippen molar-refractivity contribution in [3.63, 3.8) is 0 Å². The largest absolute Gasteiger partial charge is 0.497 e. The van der Waals surface area contributed by atoms with Crippen LogP contribution in [-0.2, 0) is 10.0 Å². The van der Waals surface area contributed by atoms with Crippen LogP contribution in [0.25, 0.3) is 0 Å². The minimum absolute atomic E-state index is 0.0322. The van der Waals surface area contributed by atoms with E-state index in [-0.39, 0.29) is 59.6 Å². The van der Waals surface area contributed by atoms with Crippen molar-refractivity contribution in [2.45, 2.75) is 50.8 Å². The fourth-order valence-corrected chi connectivity index (χ4v) is 5.23. The summed E-state index contributed by atoms with van der Waals surface area (Å²) in [6.45, 7) is 7.67. The summed E-state index contributed by atoms with van der Waals surface area (Å²) >= 11 is 0. The van der Waals surface area contributed by atoms with Gasteiger partial charge in [-0.25, -0.2) is 13.2 Å². The van der Waals surface area contributed by atoms with E-state index in [1.165, 1.54) is 36.3 Å². The van der Waals surface area contributed by atoms with Crippen molar-refractivity contribution >= 4 is 27.6 Å². The first-order valence-electron chi connectivity index (χ1n) is 12.8. The minimum atomic E-state index is -3.95. The Morgan fingerprint density at radius 3 is 2.46 bits per heavy atom. The molecule has 1 aliphatic rings. The van der Waals surface area contributed by atoms with Gasteiger partial charge in [-0.1, -0.05) is 6.92 Å². The molecule has 3 N–H and O–H groups in total. The molecular formula is C27H38N4O7S. The van der Waals surface area contributed by atoms with E-state index in [2.05, 4.69) is 10.0 Å². The molecule has 3 atom stereocenters. The lowest BCUT2D eigenvalue weighted by Crippen LogP contribution is -2.51. The fourth-order valence-electron chi connectivity index (χ4n) is 4.18. The molecular weight excluding hydrogens is 524 g/mol. The zero-order valence-electron chi connectivity index (χ0n) is 23.2. The molecule has 214 valence electrons. The quantitative estimate of drug-likeness (QED) is 0.427. The second-order valence-corrected chi connectivity index (χ2v) is 11.8. The third kappa shape index (κ3) is 7.33. The first kappa shape index (κ1) is 30.0. The summed E-state index contributed by atoms with van der Waals surface area (Å²) < 4.78 is 39.9. The van der Waals surface area contributed by atoms with Crippen molar-refractivity contribution in [2.75, 3.05) is 38.6 Å². The average Bonchev–Trinajstić information content (AvgIpc) is 2.89. The monoisotopic (exact) mass is 562 g/mol. The van der Waals surface area contributed by atoms with Gasteiger partial charge < -0.3 is 29.7 Å². The van der Waals surface area contributed by atoms with Crippen molar-refractivity contribution in [3.8, 4) is 11.5 Å². The molecule has 2 aromatic rings. The number of aliphatic hydroxyl groups is 1. The van der Waals surface area contributed by atoms with Crippen LogP contribution in [0, 0.1) is 5.92 Å². The molecule has 1 heterocycles. The Morgan fingerprint density at radius 1 is 1.21 bits per heavy atom. The summed E-state index contributed by atoms with van der Waals surface area (Å²) in [6, 6.07) is 9.65. The summed E-state index contributed by atoms with van der Waals surface area (Å²) in [7, 11) is -0.791. The smallest absolute Gasteiger partial charge is 0.317 e. The molecule has 0 radical (unpaired) electrons. The Balaban J connectivity index is 1.95. The van der Waals surface area contributed by atoms with Crippen molar-refractivity contribution in [2.24, 2.45) is 5.92 Å². The zero-order valence-corrected chi connectivity index (χ0v) is 24.0. The molecule has 1 aliphatic heterocycles. The van der Waals surface area contributed by atoms with Crippen LogP contribution in [0.1, 0.15) is 38.1 Å². The standard InChI is InChI=1S/C27H38N4O7S/c1-17(2)28-27(34)30(5)15-25-18(3)14-31(19(4)16-32)26(33)23-13-20(7-12-24(23)38-25)29-39(35,36)22-10-8-21(37-6)9-11-22/h7-13,17-19,25,29,32H,14-16H2,1-6H3,(H,28,34)/t18-,19-,25+/m1/s1. The van der Waals surface area contributed by atoms with Crippen LogP contribution in [0.15, 0.2) is 47.4 Å². The van der Waals surface area contributed by atoms with E-state index >= 15 is 0 Å². The fraction of sp³-hybridized carbons (Fsp3) is 0.481. The van der Waals surface area contributed by atoms with Gasteiger partial charge >= 0.3 is 6.03 Å². The van der Waals surface area contributed by atoms with Crippen molar-refractivity contribution in [1.82, 2.24) is 15.1 Å². The second-order valence-electron chi connectivity index (χ2n) is 10.1. The Morgan fingerprint density at radius 2 is 1.87 bits per heavy atom.